The average Bonchev–Trinajstić information content (AvgIpc) is 1.94. The molecule has 0 atom stereocenters. The van der Waals surface area contributed by atoms with E-state index in [9.17, 15) is 0 Å². The van der Waals surface area contributed by atoms with Crippen molar-refractivity contribution in [3.05, 3.63) is 0 Å². The number of halogens is 2. The molecule has 0 aliphatic heterocycles. The van der Waals surface area contributed by atoms with Crippen molar-refractivity contribution >= 4 is 424 Å². The predicted octanol–water partition coefficient (Wildman–Crippen LogP) is -26.7. The molecule has 0 aromatic rings. The summed E-state index contributed by atoms with van der Waals surface area (Å²) < 4.78 is 51.3. The zero-order valence-electron chi connectivity index (χ0n) is 20.3. The molecule has 0 rings (SSSR count). The fourth-order valence-corrected chi connectivity index (χ4v) is 0. The van der Waals surface area contributed by atoms with Gasteiger partial charge in [0.1, 0.15) is 0 Å². The first-order valence-electron chi connectivity index (χ1n) is 4.38. The van der Waals surface area contributed by atoms with Crippen LogP contribution in [0.3, 0.4) is 0 Å². The van der Waals surface area contributed by atoms with Crippen molar-refractivity contribution in [3.8, 4) is 0 Å². The SMILES string of the molecule is O=P([O-])([O-])[O-].O=P([O-])([O-])[O-].O=P([O-])([O-])[O-].O=P([O-])([O-])[O-].O=P([O-])([O-])[O-].O=P([O-])([O-])[O-].[Ca+2].[Ca+2].[Ca+2].[Ca+2].[Ca+2].[Ca+2].[Ca+2].[Ca+2].[Ca+2].[Ca+2].[Cl-].[Cl-]. The van der Waals surface area contributed by atoms with Gasteiger partial charge in [0.25, 0.3) is 0 Å². The summed E-state index contributed by atoms with van der Waals surface area (Å²) in [6, 6.07) is 0. The van der Waals surface area contributed by atoms with Crippen LogP contribution in [-0.2, 0) is 27.4 Å². The van der Waals surface area contributed by atoms with Gasteiger partial charge in [0, 0.05) is 0 Å². The molecule has 0 radical (unpaired) electrons. The second-order valence-electron chi connectivity index (χ2n) is 2.68. The van der Waals surface area contributed by atoms with Crippen molar-refractivity contribution in [2.45, 2.75) is 0 Å². The minimum atomic E-state index is -5.39. The van der Waals surface area contributed by atoms with Crippen molar-refractivity contribution in [2.75, 3.05) is 0 Å². The number of hydrogen-bond donors (Lipinski definition) is 0. The van der Waals surface area contributed by atoms with Gasteiger partial charge < -0.3 is 140 Å². The number of rotatable bonds is 0. The molecule has 42 heavy (non-hydrogen) atoms. The maximum atomic E-state index is 8.55. The Balaban J connectivity index is -0.00000000973. The Morgan fingerprint density at radius 1 is 0.190 bits per heavy atom. The van der Waals surface area contributed by atoms with Crippen molar-refractivity contribution < 1.29 is 140 Å². The maximum Gasteiger partial charge on any atom is 2.00 e. The van der Waals surface area contributed by atoms with E-state index >= 15 is 0 Å². The van der Waals surface area contributed by atoms with Crippen molar-refractivity contribution in [1.82, 2.24) is 0 Å². The summed E-state index contributed by atoms with van der Waals surface area (Å²) in [6.07, 6.45) is 0. The number of phosphoric acid groups is 6. The van der Waals surface area contributed by atoms with Crippen molar-refractivity contribution in [1.29, 1.82) is 0 Å². The molecule has 0 fully saturated rings. The molecule has 42 heteroatoms. The third-order valence-electron chi connectivity index (χ3n) is 0. The quantitative estimate of drug-likeness (QED) is 0.161. The van der Waals surface area contributed by atoms with E-state index < -0.39 is 46.9 Å². The summed E-state index contributed by atoms with van der Waals surface area (Å²) in [5, 5.41) is 0. The molecule has 0 bridgehead atoms. The zero-order chi connectivity index (χ0) is 27.0. The van der Waals surface area contributed by atoms with E-state index in [0.717, 1.165) is 0 Å². The van der Waals surface area contributed by atoms with E-state index in [4.69, 9.17) is 115 Å². The standard InChI is InChI=1S/10Ca.2ClH.6H3O4P/c;;;;;;;;;;;;6*1-5(2,3)4/h;;;;;;;;;;2*1H;6*(H3,1,2,3,4)/q10*+2;;;;;;;;/p-20. The van der Waals surface area contributed by atoms with Gasteiger partial charge in [-0.25, -0.2) is 0 Å². The smallest absolute Gasteiger partial charge is 1.00 e. The van der Waals surface area contributed by atoms with Crippen LogP contribution in [0.1, 0.15) is 0 Å². The second kappa shape index (κ2) is 64.0. The first kappa shape index (κ1) is 117. The van der Waals surface area contributed by atoms with Gasteiger partial charge >= 0.3 is 377 Å². The van der Waals surface area contributed by atoms with E-state index in [2.05, 4.69) is 0 Å². The van der Waals surface area contributed by atoms with Crippen LogP contribution in [0.4, 0.5) is 0 Å². The molecule has 0 saturated heterocycles. The molecule has 0 unspecified atom stereocenters. The zero-order valence-corrected chi connectivity index (χ0v) is 49.3. The second-order valence-corrected chi connectivity index (χ2v) is 8.05. The topological polar surface area (TPSA) is 518 Å². The number of hydrogen-bond acceptors (Lipinski definition) is 24. The van der Waals surface area contributed by atoms with Gasteiger partial charge in [0.2, 0.25) is 0 Å². The van der Waals surface area contributed by atoms with Crippen LogP contribution in [0.15, 0.2) is 0 Å². The largest absolute Gasteiger partial charge is 2.00 e. The Labute approximate surface area is 548 Å². The molecule has 0 aromatic carbocycles. The molecule has 0 saturated carbocycles. The minimum absolute atomic E-state index is 0. The summed E-state index contributed by atoms with van der Waals surface area (Å²) in [6.45, 7) is 0. The summed E-state index contributed by atoms with van der Waals surface area (Å²) >= 11 is 0. The normalized spacial score (nSPS) is 8.43. The van der Waals surface area contributed by atoms with Gasteiger partial charge in [0.05, 0.1) is 0 Å². The fraction of sp³-hybridized carbons (Fsp3) is 0. The molecule has 0 N–H and O–H groups in total. The van der Waals surface area contributed by atoms with E-state index in [1.165, 1.54) is 0 Å². The van der Waals surface area contributed by atoms with Crippen LogP contribution in [-0.4, -0.2) is 377 Å². The molecule has 0 aromatic heterocycles. The van der Waals surface area contributed by atoms with Crippen LogP contribution >= 0.6 is 46.9 Å². The third kappa shape index (κ3) is 785. The summed E-state index contributed by atoms with van der Waals surface area (Å²) in [5.41, 5.74) is 0. The average molecular weight is 1040 g/mol. The Morgan fingerprint density at radius 3 is 0.190 bits per heavy atom. The first-order valence-corrected chi connectivity index (χ1v) is 13.1. The van der Waals surface area contributed by atoms with Crippen LogP contribution < -0.4 is 113 Å². The van der Waals surface area contributed by atoms with Gasteiger partial charge in [-0.05, 0) is 0 Å². The Kier molecular flexibility index (Phi) is 179. The van der Waals surface area contributed by atoms with E-state index in [1.54, 1.807) is 0 Å². The van der Waals surface area contributed by atoms with Crippen molar-refractivity contribution in [2.24, 2.45) is 0 Å². The molecular formula is Ca10Cl2O24P6. The van der Waals surface area contributed by atoms with Gasteiger partial charge in [0.15, 0.2) is 0 Å². The molecule has 24 nitrogen and oxygen atoms in total. The molecular weight excluding hydrogens is 1040 g/mol. The van der Waals surface area contributed by atoms with Crippen LogP contribution in [0.2, 0.25) is 0 Å². The minimum Gasteiger partial charge on any atom is -1.00 e. The monoisotopic (exact) mass is 1040 g/mol. The van der Waals surface area contributed by atoms with Gasteiger partial charge in [-0.1, -0.05) is 0 Å². The first-order chi connectivity index (χ1) is 12.0. The molecule has 0 aliphatic carbocycles. The van der Waals surface area contributed by atoms with Gasteiger partial charge in [-0.15, -0.1) is 0 Å². The van der Waals surface area contributed by atoms with E-state index in [0.29, 0.717) is 0 Å². The summed E-state index contributed by atoms with van der Waals surface area (Å²) in [7, 11) is -32.3. The molecule has 0 aliphatic rings. The van der Waals surface area contributed by atoms with Crippen molar-refractivity contribution in [3.63, 3.8) is 0 Å². The molecule has 0 spiro atoms. The summed E-state index contributed by atoms with van der Waals surface area (Å²) in [5.74, 6) is 0. The van der Waals surface area contributed by atoms with Gasteiger partial charge in [-0.2, -0.15) is 46.9 Å². The fourth-order valence-electron chi connectivity index (χ4n) is 0. The van der Waals surface area contributed by atoms with Crippen LogP contribution in [0.25, 0.3) is 0 Å². The van der Waals surface area contributed by atoms with Crippen LogP contribution in [0.5, 0.6) is 0 Å². The van der Waals surface area contributed by atoms with Crippen LogP contribution in [0, 0.1) is 0 Å². The Morgan fingerprint density at radius 2 is 0.190 bits per heavy atom. The summed E-state index contributed by atoms with van der Waals surface area (Å²) in [4.78, 5) is 154. The predicted molar refractivity (Wildman–Crippen MR) is 103 cm³/mol. The maximum absolute atomic E-state index is 8.55. The third-order valence-corrected chi connectivity index (χ3v) is 0. The van der Waals surface area contributed by atoms with Gasteiger partial charge in [-0.3, -0.25) is 0 Å². The Bertz CT molecular complexity index is 498. The van der Waals surface area contributed by atoms with E-state index in [-0.39, 0.29) is 402 Å². The molecule has 0 amide bonds. The van der Waals surface area contributed by atoms with E-state index in [1.807, 2.05) is 0 Å². The molecule has 0 heterocycles. The molecule has 208 valence electrons. The Hall–Kier alpha value is 13.8.